The molecule has 1 fully saturated rings. The number of aliphatic imine (C=N–C) groups is 1. The minimum atomic E-state index is 0.189. The molecule has 1 aromatic rings. The van der Waals surface area contributed by atoms with Crippen molar-refractivity contribution in [2.24, 2.45) is 10.7 Å². The maximum atomic E-state index is 6.45. The molecule has 0 aromatic heterocycles. The molecule has 1 aliphatic heterocycles. The molecule has 5 heteroatoms. The maximum Gasteiger partial charge on any atom is 0.192 e. The quantitative estimate of drug-likeness (QED) is 0.779. The van der Waals surface area contributed by atoms with E-state index in [1.165, 1.54) is 38.5 Å². The summed E-state index contributed by atoms with van der Waals surface area (Å²) in [5.74, 6) is 0.686. The molecule has 114 valence electrons. The third-order valence-corrected chi connectivity index (χ3v) is 5.39. The molecule has 1 saturated carbocycles. The van der Waals surface area contributed by atoms with Crippen LogP contribution in [0.3, 0.4) is 0 Å². The lowest BCUT2D eigenvalue weighted by atomic mass is 10.0. The van der Waals surface area contributed by atoms with Crippen molar-refractivity contribution in [3.05, 3.63) is 33.3 Å². The summed E-state index contributed by atoms with van der Waals surface area (Å²) in [6.45, 7) is 0.712. The molecule has 1 heterocycles. The zero-order valence-electron chi connectivity index (χ0n) is 12.1. The molecule has 3 nitrogen and oxygen atoms in total. The molecule has 21 heavy (non-hydrogen) atoms. The van der Waals surface area contributed by atoms with Gasteiger partial charge in [0.1, 0.15) is 0 Å². The summed E-state index contributed by atoms with van der Waals surface area (Å²) in [4.78, 5) is 6.81. The van der Waals surface area contributed by atoms with E-state index >= 15 is 0 Å². The van der Waals surface area contributed by atoms with Crippen LogP contribution in [-0.4, -0.2) is 23.4 Å². The third kappa shape index (κ3) is 3.21. The van der Waals surface area contributed by atoms with E-state index in [9.17, 15) is 0 Å². The molecule has 3 rings (SSSR count). The molecule has 1 atom stereocenters. The van der Waals surface area contributed by atoms with Gasteiger partial charge in [-0.05, 0) is 30.5 Å². The van der Waals surface area contributed by atoms with Gasteiger partial charge in [-0.15, -0.1) is 0 Å². The Balaban J connectivity index is 1.87. The summed E-state index contributed by atoms with van der Waals surface area (Å²) in [5.41, 5.74) is 7.32. The van der Waals surface area contributed by atoms with E-state index in [1.807, 2.05) is 12.1 Å². The minimum Gasteiger partial charge on any atom is -0.370 e. The maximum absolute atomic E-state index is 6.45. The van der Waals surface area contributed by atoms with Gasteiger partial charge in [0.15, 0.2) is 5.96 Å². The summed E-state index contributed by atoms with van der Waals surface area (Å²) in [6, 6.07) is 6.78. The molecule has 2 N–H and O–H groups in total. The molecule has 1 aromatic carbocycles. The largest absolute Gasteiger partial charge is 0.370 e. The first-order valence-electron chi connectivity index (χ1n) is 7.70. The average Bonchev–Trinajstić information content (AvgIpc) is 2.67. The highest BCUT2D eigenvalue weighted by molar-refractivity contribution is 9.10. The van der Waals surface area contributed by atoms with Gasteiger partial charge in [0, 0.05) is 15.5 Å². The monoisotopic (exact) mass is 369 g/mol. The fourth-order valence-corrected chi connectivity index (χ4v) is 4.31. The zero-order valence-corrected chi connectivity index (χ0v) is 14.4. The van der Waals surface area contributed by atoms with Crippen molar-refractivity contribution in [1.29, 1.82) is 0 Å². The van der Waals surface area contributed by atoms with E-state index < -0.39 is 0 Å². The predicted octanol–water partition coefficient (Wildman–Crippen LogP) is 4.50. The number of halogens is 2. The van der Waals surface area contributed by atoms with Crippen LogP contribution in [0.2, 0.25) is 5.02 Å². The molecular formula is C16H21BrClN3. The highest BCUT2D eigenvalue weighted by Gasteiger charge is 2.34. The number of nitrogens with two attached hydrogens (primary N) is 1. The fourth-order valence-electron chi connectivity index (χ4n) is 3.51. The number of hydrogen-bond acceptors (Lipinski definition) is 3. The summed E-state index contributed by atoms with van der Waals surface area (Å²) in [5, 5.41) is 0.790. The summed E-state index contributed by atoms with van der Waals surface area (Å²) >= 11 is 9.91. The second-order valence-electron chi connectivity index (χ2n) is 5.93. The minimum absolute atomic E-state index is 0.189. The Morgan fingerprint density at radius 2 is 1.90 bits per heavy atom. The number of nitrogens with zero attached hydrogens (tertiary/aromatic N) is 2. The molecule has 0 amide bonds. The Morgan fingerprint density at radius 3 is 2.57 bits per heavy atom. The lowest BCUT2D eigenvalue weighted by molar-refractivity contribution is 0.237. The Morgan fingerprint density at radius 1 is 1.19 bits per heavy atom. The van der Waals surface area contributed by atoms with Gasteiger partial charge in [-0.1, -0.05) is 59.3 Å². The lowest BCUT2D eigenvalue weighted by Crippen LogP contribution is -2.43. The highest BCUT2D eigenvalue weighted by Crippen LogP contribution is 2.36. The third-order valence-electron chi connectivity index (χ3n) is 4.57. The van der Waals surface area contributed by atoms with Gasteiger partial charge >= 0.3 is 0 Å². The molecule has 0 saturated heterocycles. The van der Waals surface area contributed by atoms with Gasteiger partial charge in [0.25, 0.3) is 0 Å². The standard InChI is InChI=1S/C16H21BrClN3/c17-11-7-8-13(14(18)9-11)15-10-20-16(19)21(15)12-5-3-1-2-4-6-12/h7-9,12,15H,1-6,10H2,(H2,19,20). The second-order valence-corrected chi connectivity index (χ2v) is 7.26. The Labute approximate surface area is 139 Å². The average molecular weight is 371 g/mol. The normalized spacial score (nSPS) is 24.0. The van der Waals surface area contributed by atoms with E-state index in [4.69, 9.17) is 17.3 Å². The summed E-state index contributed by atoms with van der Waals surface area (Å²) < 4.78 is 1.00. The van der Waals surface area contributed by atoms with E-state index in [0.717, 1.165) is 15.1 Å². The van der Waals surface area contributed by atoms with E-state index in [0.29, 0.717) is 18.5 Å². The van der Waals surface area contributed by atoms with E-state index in [-0.39, 0.29) is 6.04 Å². The van der Waals surface area contributed by atoms with Crippen molar-refractivity contribution in [3.63, 3.8) is 0 Å². The van der Waals surface area contributed by atoms with Crippen LogP contribution in [0.25, 0.3) is 0 Å². The summed E-state index contributed by atoms with van der Waals surface area (Å²) in [6.07, 6.45) is 7.67. The van der Waals surface area contributed by atoms with Crippen LogP contribution >= 0.6 is 27.5 Å². The first kappa shape index (κ1) is 15.2. The van der Waals surface area contributed by atoms with Crippen LogP contribution in [0.15, 0.2) is 27.7 Å². The number of hydrogen-bond donors (Lipinski definition) is 1. The molecule has 0 spiro atoms. The number of rotatable bonds is 2. The predicted molar refractivity (Wildman–Crippen MR) is 91.7 cm³/mol. The lowest BCUT2D eigenvalue weighted by Gasteiger charge is -2.34. The first-order chi connectivity index (χ1) is 10.2. The van der Waals surface area contributed by atoms with Crippen LogP contribution in [0.4, 0.5) is 0 Å². The van der Waals surface area contributed by atoms with Crippen molar-refractivity contribution in [1.82, 2.24) is 4.90 Å². The van der Waals surface area contributed by atoms with Gasteiger partial charge in [-0.2, -0.15) is 0 Å². The van der Waals surface area contributed by atoms with Crippen LogP contribution in [-0.2, 0) is 0 Å². The van der Waals surface area contributed by atoms with E-state index in [2.05, 4.69) is 31.9 Å². The number of benzene rings is 1. The van der Waals surface area contributed by atoms with Gasteiger partial charge in [-0.3, -0.25) is 4.99 Å². The second kappa shape index (κ2) is 6.57. The molecule has 1 aliphatic carbocycles. The Hall–Kier alpha value is -0.740. The molecule has 0 radical (unpaired) electrons. The zero-order chi connectivity index (χ0) is 14.8. The smallest absolute Gasteiger partial charge is 0.192 e. The first-order valence-corrected chi connectivity index (χ1v) is 8.87. The van der Waals surface area contributed by atoms with Crippen molar-refractivity contribution in [2.45, 2.75) is 50.6 Å². The molecular weight excluding hydrogens is 350 g/mol. The van der Waals surface area contributed by atoms with Crippen LogP contribution < -0.4 is 5.73 Å². The van der Waals surface area contributed by atoms with Crippen LogP contribution in [0, 0.1) is 0 Å². The van der Waals surface area contributed by atoms with Crippen molar-refractivity contribution in [2.75, 3.05) is 6.54 Å². The van der Waals surface area contributed by atoms with Gasteiger partial charge in [0.2, 0.25) is 0 Å². The van der Waals surface area contributed by atoms with Crippen LogP contribution in [0.1, 0.15) is 50.1 Å². The SMILES string of the molecule is NC1=NCC(c2ccc(Br)cc2Cl)N1C1CCCCCC1. The number of guanidine groups is 1. The van der Waals surface area contributed by atoms with Gasteiger partial charge < -0.3 is 10.6 Å². The molecule has 0 bridgehead atoms. The molecule has 1 unspecified atom stereocenters. The van der Waals surface area contributed by atoms with Gasteiger partial charge in [-0.25, -0.2) is 0 Å². The highest BCUT2D eigenvalue weighted by atomic mass is 79.9. The van der Waals surface area contributed by atoms with Crippen molar-refractivity contribution in [3.8, 4) is 0 Å². The Kier molecular flexibility index (Phi) is 4.75. The van der Waals surface area contributed by atoms with Crippen molar-refractivity contribution >= 4 is 33.5 Å². The Bertz CT molecular complexity index is 538. The van der Waals surface area contributed by atoms with E-state index in [1.54, 1.807) is 0 Å². The van der Waals surface area contributed by atoms with Crippen molar-refractivity contribution < 1.29 is 0 Å². The van der Waals surface area contributed by atoms with Gasteiger partial charge in [0.05, 0.1) is 12.6 Å². The van der Waals surface area contributed by atoms with Crippen LogP contribution in [0.5, 0.6) is 0 Å². The topological polar surface area (TPSA) is 41.6 Å². The summed E-state index contributed by atoms with van der Waals surface area (Å²) in [7, 11) is 0. The molecule has 2 aliphatic rings. The fraction of sp³-hybridized carbons (Fsp3) is 0.562.